The topological polar surface area (TPSA) is 70.2 Å². The maximum atomic E-state index is 12.1. The van der Waals surface area contributed by atoms with Crippen molar-refractivity contribution in [2.45, 2.75) is 33.1 Å². The number of benzene rings is 1. The third-order valence-electron chi connectivity index (χ3n) is 4.60. The summed E-state index contributed by atoms with van der Waals surface area (Å²) >= 11 is 3.39. The number of aryl methyl sites for hydroxylation is 1. The molecule has 25 heavy (non-hydrogen) atoms. The molecular formula is C18H27BrClN3O2. The van der Waals surface area contributed by atoms with Gasteiger partial charge >= 0.3 is 0 Å². The van der Waals surface area contributed by atoms with Crippen molar-refractivity contribution in [3.8, 4) is 0 Å². The summed E-state index contributed by atoms with van der Waals surface area (Å²) in [6.07, 6.45) is 2.73. The van der Waals surface area contributed by atoms with E-state index in [1.165, 1.54) is 0 Å². The van der Waals surface area contributed by atoms with Gasteiger partial charge in [-0.25, -0.2) is 0 Å². The first kappa shape index (κ1) is 21.9. The summed E-state index contributed by atoms with van der Waals surface area (Å²) in [5.41, 5.74) is 1.74. The predicted molar refractivity (Wildman–Crippen MR) is 107 cm³/mol. The molecule has 1 heterocycles. The SMILES string of the molecule is Cc1cc(Br)ccc1NC(=O)CNC(=O)CC(C)C1CCNCC1.Cl. The lowest BCUT2D eigenvalue weighted by Gasteiger charge is -2.27. The summed E-state index contributed by atoms with van der Waals surface area (Å²) in [7, 11) is 0. The Kier molecular flexibility index (Phi) is 9.46. The molecule has 0 saturated carbocycles. The molecule has 1 aromatic rings. The Morgan fingerprint density at radius 2 is 1.96 bits per heavy atom. The number of rotatable bonds is 6. The molecule has 3 N–H and O–H groups in total. The molecule has 0 bridgehead atoms. The molecule has 140 valence electrons. The monoisotopic (exact) mass is 431 g/mol. The zero-order valence-corrected chi connectivity index (χ0v) is 17.1. The largest absolute Gasteiger partial charge is 0.347 e. The first-order valence-corrected chi connectivity index (χ1v) is 9.28. The fraction of sp³-hybridized carbons (Fsp3) is 0.556. The molecular weight excluding hydrogens is 406 g/mol. The van der Waals surface area contributed by atoms with Crippen LogP contribution >= 0.6 is 28.3 Å². The van der Waals surface area contributed by atoms with Gasteiger partial charge in [-0.1, -0.05) is 22.9 Å². The van der Waals surface area contributed by atoms with Crippen molar-refractivity contribution in [1.82, 2.24) is 10.6 Å². The second-order valence-corrected chi connectivity index (χ2v) is 7.47. The highest BCUT2D eigenvalue weighted by atomic mass is 79.9. The van der Waals surface area contributed by atoms with Crippen LogP contribution in [0.25, 0.3) is 0 Å². The minimum absolute atomic E-state index is 0. The first-order valence-electron chi connectivity index (χ1n) is 8.49. The average Bonchev–Trinajstić information content (AvgIpc) is 2.56. The van der Waals surface area contributed by atoms with Gasteiger partial charge in [-0.3, -0.25) is 9.59 Å². The van der Waals surface area contributed by atoms with Crippen LogP contribution in [0.5, 0.6) is 0 Å². The van der Waals surface area contributed by atoms with Crippen molar-refractivity contribution in [3.05, 3.63) is 28.2 Å². The normalized spacial score (nSPS) is 15.8. The Hall–Kier alpha value is -1.11. The Labute approximate surface area is 164 Å². The fourth-order valence-corrected chi connectivity index (χ4v) is 3.56. The van der Waals surface area contributed by atoms with Gasteiger partial charge in [-0.2, -0.15) is 0 Å². The van der Waals surface area contributed by atoms with Gasteiger partial charge in [0, 0.05) is 16.6 Å². The van der Waals surface area contributed by atoms with Crippen LogP contribution in [-0.2, 0) is 9.59 Å². The van der Waals surface area contributed by atoms with Crippen molar-refractivity contribution < 1.29 is 9.59 Å². The lowest BCUT2D eigenvalue weighted by Crippen LogP contribution is -2.36. The number of carbonyl (C=O) groups is 2. The highest BCUT2D eigenvalue weighted by Gasteiger charge is 2.22. The molecule has 1 aliphatic rings. The number of piperidine rings is 1. The van der Waals surface area contributed by atoms with Crippen molar-refractivity contribution in [2.24, 2.45) is 11.8 Å². The summed E-state index contributed by atoms with van der Waals surface area (Å²) in [6.45, 7) is 6.13. The fourth-order valence-electron chi connectivity index (χ4n) is 3.09. The molecule has 1 aliphatic heterocycles. The number of amides is 2. The van der Waals surface area contributed by atoms with Crippen LogP contribution in [-0.4, -0.2) is 31.4 Å². The Morgan fingerprint density at radius 3 is 2.60 bits per heavy atom. The molecule has 1 saturated heterocycles. The summed E-state index contributed by atoms with van der Waals surface area (Å²) in [6, 6.07) is 5.66. The Balaban J connectivity index is 0.00000312. The Morgan fingerprint density at radius 1 is 1.28 bits per heavy atom. The number of carbonyl (C=O) groups excluding carboxylic acids is 2. The van der Waals surface area contributed by atoms with Crippen LogP contribution in [0.3, 0.4) is 0 Å². The van der Waals surface area contributed by atoms with Gasteiger partial charge in [0.1, 0.15) is 0 Å². The summed E-state index contributed by atoms with van der Waals surface area (Å²) in [4.78, 5) is 24.0. The smallest absolute Gasteiger partial charge is 0.243 e. The molecule has 1 fully saturated rings. The van der Waals surface area contributed by atoms with Gasteiger partial charge in [0.15, 0.2) is 0 Å². The molecule has 2 amide bonds. The highest BCUT2D eigenvalue weighted by Crippen LogP contribution is 2.24. The number of nitrogens with one attached hydrogen (secondary N) is 3. The van der Waals surface area contributed by atoms with Gasteiger partial charge in [0.05, 0.1) is 6.54 Å². The van der Waals surface area contributed by atoms with Crippen LogP contribution in [0.1, 0.15) is 31.7 Å². The van der Waals surface area contributed by atoms with E-state index in [0.717, 1.165) is 41.7 Å². The number of hydrogen-bond acceptors (Lipinski definition) is 3. The van der Waals surface area contributed by atoms with E-state index in [1.54, 1.807) is 0 Å². The van der Waals surface area contributed by atoms with E-state index in [-0.39, 0.29) is 30.8 Å². The third kappa shape index (κ3) is 7.34. The molecule has 7 heteroatoms. The van der Waals surface area contributed by atoms with Gasteiger partial charge in [0.25, 0.3) is 0 Å². The zero-order chi connectivity index (χ0) is 17.5. The van der Waals surface area contributed by atoms with E-state index in [1.807, 2.05) is 25.1 Å². The van der Waals surface area contributed by atoms with E-state index in [2.05, 4.69) is 38.8 Å². The van der Waals surface area contributed by atoms with Crippen LogP contribution in [0.15, 0.2) is 22.7 Å². The van der Waals surface area contributed by atoms with E-state index in [9.17, 15) is 9.59 Å². The van der Waals surface area contributed by atoms with E-state index < -0.39 is 0 Å². The van der Waals surface area contributed by atoms with Gasteiger partial charge in [0.2, 0.25) is 11.8 Å². The minimum atomic E-state index is -0.205. The van der Waals surface area contributed by atoms with E-state index >= 15 is 0 Å². The van der Waals surface area contributed by atoms with Gasteiger partial charge in [-0.15, -0.1) is 12.4 Å². The van der Waals surface area contributed by atoms with Crippen molar-refractivity contribution in [3.63, 3.8) is 0 Å². The minimum Gasteiger partial charge on any atom is -0.347 e. The summed E-state index contributed by atoms with van der Waals surface area (Å²) in [5.74, 6) is 0.687. The molecule has 0 spiro atoms. The quantitative estimate of drug-likeness (QED) is 0.646. The average molecular weight is 433 g/mol. The van der Waals surface area contributed by atoms with Gasteiger partial charge in [-0.05, 0) is 68.5 Å². The van der Waals surface area contributed by atoms with Crippen molar-refractivity contribution >= 4 is 45.8 Å². The molecule has 1 unspecified atom stereocenters. The first-order chi connectivity index (χ1) is 11.5. The van der Waals surface area contributed by atoms with Crippen LogP contribution in [0.2, 0.25) is 0 Å². The van der Waals surface area contributed by atoms with E-state index in [0.29, 0.717) is 18.3 Å². The molecule has 2 rings (SSSR count). The number of hydrogen-bond donors (Lipinski definition) is 3. The molecule has 0 aliphatic carbocycles. The van der Waals surface area contributed by atoms with Crippen LogP contribution in [0, 0.1) is 18.8 Å². The molecule has 5 nitrogen and oxygen atoms in total. The van der Waals surface area contributed by atoms with Crippen molar-refractivity contribution in [1.29, 1.82) is 0 Å². The standard InChI is InChI=1S/C18H26BrN3O2.ClH/c1-12(14-5-7-20-8-6-14)10-17(23)21-11-18(24)22-16-4-3-15(19)9-13(16)2;/h3-4,9,12,14,20H,5-8,10-11H2,1-2H3,(H,21,23)(H,22,24);1H. The summed E-state index contributed by atoms with van der Waals surface area (Å²) < 4.78 is 0.971. The van der Waals surface area contributed by atoms with Crippen LogP contribution in [0.4, 0.5) is 5.69 Å². The predicted octanol–water partition coefficient (Wildman–Crippen LogP) is 3.26. The zero-order valence-electron chi connectivity index (χ0n) is 14.7. The van der Waals surface area contributed by atoms with Crippen molar-refractivity contribution in [2.75, 3.05) is 25.0 Å². The molecule has 1 aromatic carbocycles. The number of anilines is 1. The Bertz CT molecular complexity index is 592. The third-order valence-corrected chi connectivity index (χ3v) is 5.10. The maximum Gasteiger partial charge on any atom is 0.243 e. The lowest BCUT2D eigenvalue weighted by atomic mass is 9.84. The second kappa shape index (κ2) is 10.8. The van der Waals surface area contributed by atoms with Crippen LogP contribution < -0.4 is 16.0 Å². The maximum absolute atomic E-state index is 12.1. The lowest BCUT2D eigenvalue weighted by molar-refractivity contribution is -0.125. The molecule has 1 atom stereocenters. The molecule has 0 aromatic heterocycles. The van der Waals surface area contributed by atoms with E-state index in [4.69, 9.17) is 0 Å². The highest BCUT2D eigenvalue weighted by molar-refractivity contribution is 9.10. The summed E-state index contributed by atoms with van der Waals surface area (Å²) in [5, 5.41) is 8.89. The molecule has 0 radical (unpaired) electrons. The number of halogens is 2. The van der Waals surface area contributed by atoms with Gasteiger partial charge < -0.3 is 16.0 Å². The second-order valence-electron chi connectivity index (χ2n) is 6.55.